The van der Waals surface area contributed by atoms with Gasteiger partial charge in [-0.2, -0.15) is 9.97 Å². The van der Waals surface area contributed by atoms with Gasteiger partial charge in [0.2, 0.25) is 17.7 Å². The van der Waals surface area contributed by atoms with Crippen LogP contribution in [0.5, 0.6) is 23.5 Å². The van der Waals surface area contributed by atoms with Crippen LogP contribution in [0.25, 0.3) is 0 Å². The number of rotatable bonds is 11. The maximum Gasteiger partial charge on any atom is 0.291 e. The van der Waals surface area contributed by atoms with Gasteiger partial charge in [0.05, 0.1) is 22.3 Å². The van der Waals surface area contributed by atoms with Crippen molar-refractivity contribution in [3.05, 3.63) is 42.2 Å². The molecule has 1 unspecified atom stereocenters. The molecule has 210 valence electrons. The Bertz CT molecular complexity index is 1270. The topological polar surface area (TPSA) is 102 Å². The Balaban J connectivity index is 1.48. The lowest BCUT2D eigenvalue weighted by Gasteiger charge is -2.21. The number of aromatic nitrogens is 2. The number of methoxy groups -OCH3 is 2. The van der Waals surface area contributed by atoms with Crippen molar-refractivity contribution in [2.24, 2.45) is 5.92 Å². The second-order valence-corrected chi connectivity index (χ2v) is 15.8. The number of carbonyl (C=O) groups excluding carboxylic acids is 1. The number of furan rings is 1. The Labute approximate surface area is 231 Å². The van der Waals surface area contributed by atoms with Crippen LogP contribution < -0.4 is 29.6 Å². The molecule has 0 aliphatic carbocycles. The molecule has 1 aliphatic heterocycles. The first-order valence-corrected chi connectivity index (χ1v) is 16.4. The van der Waals surface area contributed by atoms with Gasteiger partial charge in [-0.1, -0.05) is 43.4 Å². The third-order valence-electron chi connectivity index (χ3n) is 7.17. The van der Waals surface area contributed by atoms with Gasteiger partial charge >= 0.3 is 0 Å². The number of hydrogen-bond acceptors (Lipinski definition) is 9. The Hall–Kier alpha value is -3.57. The van der Waals surface area contributed by atoms with E-state index in [1.807, 2.05) is 12.1 Å². The van der Waals surface area contributed by atoms with E-state index in [0.29, 0.717) is 17.6 Å². The van der Waals surface area contributed by atoms with E-state index in [1.165, 1.54) is 19.4 Å². The van der Waals surface area contributed by atoms with Crippen LogP contribution in [0.3, 0.4) is 0 Å². The lowest BCUT2D eigenvalue weighted by molar-refractivity contribution is 0.0990. The fourth-order valence-corrected chi connectivity index (χ4v) is 6.10. The first-order valence-electron chi connectivity index (χ1n) is 13.2. The summed E-state index contributed by atoms with van der Waals surface area (Å²) in [6, 6.07) is 12.4. The van der Waals surface area contributed by atoms with E-state index in [9.17, 15) is 4.79 Å². The number of hydrogen-bond donors (Lipinski definition) is 1. The Morgan fingerprint density at radius 3 is 2.51 bits per heavy atom. The largest absolute Gasteiger partial charge is 0.479 e. The fourth-order valence-electron chi connectivity index (χ4n) is 4.61. The van der Waals surface area contributed by atoms with Crippen molar-refractivity contribution in [2.75, 3.05) is 58.2 Å². The smallest absolute Gasteiger partial charge is 0.291 e. The molecule has 1 atom stereocenters. The van der Waals surface area contributed by atoms with Crippen LogP contribution in [-0.2, 0) is 0 Å². The monoisotopic (exact) mass is 553 g/mol. The fraction of sp³-hybridized carbons (Fsp3) is 0.464. The zero-order valence-electron chi connectivity index (χ0n) is 23.9. The molecule has 39 heavy (non-hydrogen) atoms. The molecule has 1 aromatic carbocycles. The van der Waals surface area contributed by atoms with Crippen LogP contribution in [0.2, 0.25) is 19.1 Å². The van der Waals surface area contributed by atoms with Gasteiger partial charge in [0, 0.05) is 25.7 Å². The van der Waals surface area contributed by atoms with Crippen molar-refractivity contribution in [2.45, 2.75) is 32.5 Å². The summed E-state index contributed by atoms with van der Waals surface area (Å²) in [5.74, 6) is 1.92. The molecule has 0 bridgehead atoms. The predicted octanol–water partition coefficient (Wildman–Crippen LogP) is 4.45. The van der Waals surface area contributed by atoms with Crippen molar-refractivity contribution in [3.8, 4) is 23.5 Å². The number of anilines is 2. The molecular weight excluding hydrogens is 514 g/mol. The highest BCUT2D eigenvalue weighted by Crippen LogP contribution is 2.35. The van der Waals surface area contributed by atoms with Gasteiger partial charge in [0.25, 0.3) is 11.9 Å². The molecule has 4 rings (SSSR count). The van der Waals surface area contributed by atoms with Crippen LogP contribution in [0.4, 0.5) is 11.6 Å². The number of amides is 1. The van der Waals surface area contributed by atoms with Gasteiger partial charge in [-0.3, -0.25) is 4.79 Å². The third kappa shape index (κ3) is 6.71. The van der Waals surface area contributed by atoms with Crippen molar-refractivity contribution >= 4 is 30.8 Å². The van der Waals surface area contributed by atoms with Gasteiger partial charge in [0.15, 0.2) is 11.4 Å². The second-order valence-electron chi connectivity index (χ2n) is 10.7. The molecule has 1 fully saturated rings. The number of benzene rings is 1. The number of nitrogens with zero attached hydrogens (tertiary/aromatic N) is 4. The molecule has 3 heterocycles. The van der Waals surface area contributed by atoms with E-state index in [4.69, 9.17) is 18.6 Å². The van der Waals surface area contributed by atoms with E-state index in [0.717, 1.165) is 32.1 Å². The van der Waals surface area contributed by atoms with Crippen molar-refractivity contribution in [1.29, 1.82) is 0 Å². The van der Waals surface area contributed by atoms with Crippen LogP contribution in [-0.4, -0.2) is 76.8 Å². The normalized spacial score (nSPS) is 15.5. The number of carbonyl (C=O) groups is 1. The highest BCUT2D eigenvalue weighted by molar-refractivity contribution is 6.89. The molecule has 0 saturated carbocycles. The molecule has 1 aliphatic rings. The minimum absolute atomic E-state index is 0.0728. The van der Waals surface area contributed by atoms with Crippen molar-refractivity contribution < 1.29 is 23.4 Å². The summed E-state index contributed by atoms with van der Waals surface area (Å²) in [7, 11) is 5.62. The number of ether oxygens (including phenoxy) is 3. The molecule has 3 aromatic rings. The molecule has 2 aromatic heterocycles. The third-order valence-corrected chi connectivity index (χ3v) is 10.8. The first kappa shape index (κ1) is 28.4. The molecule has 10 nitrogen and oxygen atoms in total. The summed E-state index contributed by atoms with van der Waals surface area (Å²) in [5, 5.41) is 4.08. The van der Waals surface area contributed by atoms with Crippen LogP contribution in [0, 0.1) is 5.92 Å². The standard InChI is InChI=1S/C28H39N5O5Si/c1-8-39(6,7)21-11-9-10-20(16-21)37-23-13-12-22(38-23)25(34)29-24-26(35-4)30-28(31-27(24)36-5)33-15-14-19(18-33)17-32(2)3/h9-13,16,19H,8,14-15,17-18H2,1-7H3,(H,29,34). The van der Waals surface area contributed by atoms with Crippen molar-refractivity contribution in [1.82, 2.24) is 14.9 Å². The van der Waals surface area contributed by atoms with Crippen LogP contribution >= 0.6 is 0 Å². The van der Waals surface area contributed by atoms with E-state index in [-0.39, 0.29) is 29.2 Å². The average Bonchev–Trinajstić information content (AvgIpc) is 3.58. The molecule has 0 radical (unpaired) electrons. The Morgan fingerprint density at radius 1 is 1.15 bits per heavy atom. The maximum absolute atomic E-state index is 13.1. The molecule has 1 saturated heterocycles. The molecule has 1 N–H and O–H groups in total. The summed E-state index contributed by atoms with van der Waals surface area (Å²) in [5.41, 5.74) is 0.233. The average molecular weight is 554 g/mol. The quantitative estimate of drug-likeness (QED) is 0.345. The van der Waals surface area contributed by atoms with Gasteiger partial charge in [-0.15, -0.1) is 0 Å². The predicted molar refractivity (Wildman–Crippen MR) is 155 cm³/mol. The molecule has 11 heteroatoms. The van der Waals surface area contributed by atoms with E-state index >= 15 is 0 Å². The summed E-state index contributed by atoms with van der Waals surface area (Å²) in [6.45, 7) is 9.55. The molecule has 0 spiro atoms. The van der Waals surface area contributed by atoms with Gasteiger partial charge in [-0.25, -0.2) is 0 Å². The Kier molecular flexibility index (Phi) is 8.81. The Morgan fingerprint density at radius 2 is 1.87 bits per heavy atom. The SMILES string of the molecule is CC[Si](C)(C)c1cccc(Oc2ccc(C(=O)Nc3c(OC)nc(N4CCC(CN(C)C)C4)nc3OC)o2)c1. The zero-order chi connectivity index (χ0) is 28.2. The van der Waals surface area contributed by atoms with E-state index in [1.54, 1.807) is 12.1 Å². The van der Waals surface area contributed by atoms with E-state index in [2.05, 4.69) is 71.3 Å². The minimum atomic E-state index is -1.51. The van der Waals surface area contributed by atoms with Crippen LogP contribution in [0.1, 0.15) is 23.9 Å². The summed E-state index contributed by atoms with van der Waals surface area (Å²) in [4.78, 5) is 26.5. The maximum atomic E-state index is 13.1. The molecule has 1 amide bonds. The lowest BCUT2D eigenvalue weighted by Crippen LogP contribution is -2.40. The summed E-state index contributed by atoms with van der Waals surface area (Å²) >= 11 is 0. The highest BCUT2D eigenvalue weighted by atomic mass is 28.3. The highest BCUT2D eigenvalue weighted by Gasteiger charge is 2.28. The van der Waals surface area contributed by atoms with Gasteiger partial charge in [0.1, 0.15) is 5.75 Å². The zero-order valence-corrected chi connectivity index (χ0v) is 24.9. The molecular formula is C28H39N5O5Si. The van der Waals surface area contributed by atoms with Crippen LogP contribution in [0.15, 0.2) is 40.8 Å². The number of nitrogens with one attached hydrogen (secondary N) is 1. The summed E-state index contributed by atoms with van der Waals surface area (Å²) in [6.07, 6.45) is 1.05. The second kappa shape index (κ2) is 12.1. The van der Waals surface area contributed by atoms with Gasteiger partial charge in [-0.05, 0) is 44.6 Å². The lowest BCUT2D eigenvalue weighted by atomic mass is 10.1. The minimum Gasteiger partial charge on any atom is -0.479 e. The summed E-state index contributed by atoms with van der Waals surface area (Å²) < 4.78 is 22.7. The van der Waals surface area contributed by atoms with Gasteiger partial charge < -0.3 is 33.7 Å². The van der Waals surface area contributed by atoms with E-state index < -0.39 is 14.0 Å². The van der Waals surface area contributed by atoms with Crippen molar-refractivity contribution in [3.63, 3.8) is 0 Å². The first-order chi connectivity index (χ1) is 18.6.